The van der Waals surface area contributed by atoms with Gasteiger partial charge in [-0.1, -0.05) is 6.07 Å². The normalized spacial score (nSPS) is 15.7. The van der Waals surface area contributed by atoms with Gasteiger partial charge in [0.2, 0.25) is 5.91 Å². The molecule has 1 unspecified atom stereocenters. The lowest BCUT2D eigenvalue weighted by atomic mass is 10.2. The molecular formula is C21H20N6O2. The molecule has 8 nitrogen and oxygen atoms in total. The van der Waals surface area contributed by atoms with Crippen LogP contribution < -0.4 is 5.32 Å². The van der Waals surface area contributed by atoms with E-state index >= 15 is 0 Å². The van der Waals surface area contributed by atoms with Gasteiger partial charge in [-0.05, 0) is 30.7 Å². The van der Waals surface area contributed by atoms with Crippen LogP contribution in [0.25, 0.3) is 11.4 Å². The third kappa shape index (κ3) is 4.60. The predicted octanol–water partition coefficient (Wildman–Crippen LogP) is 1.85. The van der Waals surface area contributed by atoms with Gasteiger partial charge in [0.25, 0.3) is 5.91 Å². The second kappa shape index (κ2) is 8.55. The maximum Gasteiger partial charge on any atom is 0.257 e. The van der Waals surface area contributed by atoms with Crippen LogP contribution in [0.1, 0.15) is 28.9 Å². The molecule has 29 heavy (non-hydrogen) atoms. The van der Waals surface area contributed by atoms with Crippen molar-refractivity contribution in [1.82, 2.24) is 30.2 Å². The summed E-state index contributed by atoms with van der Waals surface area (Å²) in [7, 11) is 0. The summed E-state index contributed by atoms with van der Waals surface area (Å²) in [6.45, 7) is 0.752. The fourth-order valence-electron chi connectivity index (χ4n) is 3.25. The standard InChI is InChI=1S/C21H20N6O2/c28-19-7-6-18(26-19)14-27(13-17-5-1-2-9-23-17)21(29)16-11-24-20(25-12-16)15-4-3-8-22-10-15/h1-5,8-12,18H,6-7,13-14H2,(H,26,28). The molecule has 0 saturated carbocycles. The van der Waals surface area contributed by atoms with Gasteiger partial charge in [-0.3, -0.25) is 19.6 Å². The Bertz CT molecular complexity index is 979. The first-order chi connectivity index (χ1) is 14.2. The Morgan fingerprint density at radius 2 is 1.93 bits per heavy atom. The minimum atomic E-state index is -0.200. The summed E-state index contributed by atoms with van der Waals surface area (Å²) in [6, 6.07) is 9.19. The highest BCUT2D eigenvalue weighted by molar-refractivity contribution is 5.93. The molecule has 1 N–H and O–H groups in total. The van der Waals surface area contributed by atoms with Crippen molar-refractivity contribution in [1.29, 1.82) is 0 Å². The van der Waals surface area contributed by atoms with Crippen LogP contribution >= 0.6 is 0 Å². The van der Waals surface area contributed by atoms with Crippen LogP contribution in [0.5, 0.6) is 0 Å². The molecule has 4 rings (SSSR count). The molecule has 1 atom stereocenters. The maximum absolute atomic E-state index is 13.2. The van der Waals surface area contributed by atoms with Crippen LogP contribution in [0.2, 0.25) is 0 Å². The Morgan fingerprint density at radius 1 is 1.07 bits per heavy atom. The summed E-state index contributed by atoms with van der Waals surface area (Å²) in [5.74, 6) is 0.327. The maximum atomic E-state index is 13.2. The number of pyridine rings is 2. The molecule has 1 saturated heterocycles. The van der Waals surface area contributed by atoms with E-state index in [9.17, 15) is 9.59 Å². The number of rotatable bonds is 6. The third-order valence-corrected chi connectivity index (χ3v) is 4.71. The van der Waals surface area contributed by atoms with Crippen molar-refractivity contribution in [2.45, 2.75) is 25.4 Å². The summed E-state index contributed by atoms with van der Waals surface area (Å²) >= 11 is 0. The van der Waals surface area contributed by atoms with Gasteiger partial charge in [0, 0.05) is 55.6 Å². The molecule has 1 aliphatic rings. The quantitative estimate of drug-likeness (QED) is 0.692. The first kappa shape index (κ1) is 18.7. The first-order valence-electron chi connectivity index (χ1n) is 9.40. The average Bonchev–Trinajstić information content (AvgIpc) is 3.19. The van der Waals surface area contributed by atoms with E-state index in [4.69, 9.17) is 0 Å². The summed E-state index contributed by atoms with van der Waals surface area (Å²) in [5, 5.41) is 2.92. The van der Waals surface area contributed by atoms with Crippen molar-refractivity contribution < 1.29 is 9.59 Å². The van der Waals surface area contributed by atoms with E-state index in [0.29, 0.717) is 37.3 Å². The van der Waals surface area contributed by atoms with Crippen LogP contribution in [0.3, 0.4) is 0 Å². The highest BCUT2D eigenvalue weighted by Gasteiger charge is 2.26. The van der Waals surface area contributed by atoms with Gasteiger partial charge < -0.3 is 10.2 Å². The lowest BCUT2D eigenvalue weighted by molar-refractivity contribution is -0.119. The van der Waals surface area contributed by atoms with Crippen molar-refractivity contribution in [3.63, 3.8) is 0 Å². The van der Waals surface area contributed by atoms with Crippen LogP contribution in [0.4, 0.5) is 0 Å². The Labute approximate surface area is 168 Å². The van der Waals surface area contributed by atoms with Crippen molar-refractivity contribution in [2.24, 2.45) is 0 Å². The Hall–Kier alpha value is -3.68. The fourth-order valence-corrected chi connectivity index (χ4v) is 3.25. The summed E-state index contributed by atoms with van der Waals surface area (Å²) < 4.78 is 0. The molecule has 1 aliphatic heterocycles. The molecule has 3 aromatic heterocycles. The summed E-state index contributed by atoms with van der Waals surface area (Å²) in [4.78, 5) is 43.4. The summed E-state index contributed by atoms with van der Waals surface area (Å²) in [6.07, 6.45) is 9.29. The lowest BCUT2D eigenvalue weighted by Gasteiger charge is -2.25. The van der Waals surface area contributed by atoms with E-state index < -0.39 is 0 Å². The van der Waals surface area contributed by atoms with Crippen LogP contribution in [0.15, 0.2) is 61.3 Å². The van der Waals surface area contributed by atoms with Crippen molar-refractivity contribution in [3.8, 4) is 11.4 Å². The van der Waals surface area contributed by atoms with Crippen molar-refractivity contribution >= 4 is 11.8 Å². The van der Waals surface area contributed by atoms with Gasteiger partial charge in [-0.2, -0.15) is 0 Å². The molecule has 0 radical (unpaired) electrons. The van der Waals surface area contributed by atoms with Crippen LogP contribution in [-0.4, -0.2) is 49.2 Å². The number of carbonyl (C=O) groups excluding carboxylic acids is 2. The van der Waals surface area contributed by atoms with Crippen molar-refractivity contribution in [2.75, 3.05) is 6.54 Å². The van der Waals surface area contributed by atoms with Gasteiger partial charge in [-0.15, -0.1) is 0 Å². The smallest absolute Gasteiger partial charge is 0.257 e. The molecule has 0 aliphatic carbocycles. The highest BCUT2D eigenvalue weighted by atomic mass is 16.2. The lowest BCUT2D eigenvalue weighted by Crippen LogP contribution is -2.41. The van der Waals surface area contributed by atoms with Crippen molar-refractivity contribution in [3.05, 3.63) is 72.6 Å². The van der Waals surface area contributed by atoms with Gasteiger partial charge in [-0.25, -0.2) is 9.97 Å². The van der Waals surface area contributed by atoms with E-state index in [1.165, 1.54) is 12.4 Å². The fraction of sp³-hybridized carbons (Fsp3) is 0.238. The first-order valence-corrected chi connectivity index (χ1v) is 9.40. The molecule has 2 amide bonds. The molecule has 4 heterocycles. The second-order valence-electron chi connectivity index (χ2n) is 6.85. The largest absolute Gasteiger partial charge is 0.352 e. The molecule has 1 fully saturated rings. The van der Waals surface area contributed by atoms with E-state index in [1.807, 2.05) is 30.3 Å². The number of nitrogens with zero attached hydrogens (tertiary/aromatic N) is 5. The van der Waals surface area contributed by atoms with E-state index in [1.54, 1.807) is 23.5 Å². The number of amides is 2. The zero-order chi connectivity index (χ0) is 20.1. The Morgan fingerprint density at radius 3 is 2.59 bits per heavy atom. The van der Waals surface area contributed by atoms with Gasteiger partial charge in [0.05, 0.1) is 17.8 Å². The average molecular weight is 388 g/mol. The molecule has 3 aromatic rings. The molecule has 0 bridgehead atoms. The Balaban J connectivity index is 1.54. The number of hydrogen-bond donors (Lipinski definition) is 1. The molecule has 8 heteroatoms. The number of aromatic nitrogens is 4. The minimum absolute atomic E-state index is 0.0180. The van der Waals surface area contributed by atoms with Gasteiger partial charge in [0.15, 0.2) is 5.82 Å². The SMILES string of the molecule is O=C1CCC(CN(Cc2ccccn2)C(=O)c2cnc(-c3cccnc3)nc2)N1. The second-order valence-corrected chi connectivity index (χ2v) is 6.85. The predicted molar refractivity (Wildman–Crippen MR) is 105 cm³/mol. The summed E-state index contributed by atoms with van der Waals surface area (Å²) in [5.41, 5.74) is 1.95. The molecule has 0 spiro atoms. The van der Waals surface area contributed by atoms with E-state index in [0.717, 1.165) is 11.3 Å². The molecule has 146 valence electrons. The van der Waals surface area contributed by atoms with Gasteiger partial charge >= 0.3 is 0 Å². The Kier molecular flexibility index (Phi) is 5.51. The monoisotopic (exact) mass is 388 g/mol. The zero-order valence-corrected chi connectivity index (χ0v) is 15.7. The minimum Gasteiger partial charge on any atom is -0.352 e. The molecular weight excluding hydrogens is 368 g/mol. The van der Waals surface area contributed by atoms with E-state index in [2.05, 4.69) is 25.3 Å². The highest BCUT2D eigenvalue weighted by Crippen LogP contribution is 2.16. The van der Waals surface area contributed by atoms with E-state index in [-0.39, 0.29) is 17.9 Å². The molecule has 0 aromatic carbocycles. The van der Waals surface area contributed by atoms with Crippen LogP contribution in [0, 0.1) is 0 Å². The zero-order valence-electron chi connectivity index (χ0n) is 15.7. The number of hydrogen-bond acceptors (Lipinski definition) is 6. The number of carbonyl (C=O) groups is 2. The van der Waals surface area contributed by atoms with Crippen LogP contribution in [-0.2, 0) is 11.3 Å². The third-order valence-electron chi connectivity index (χ3n) is 4.71. The van der Waals surface area contributed by atoms with Gasteiger partial charge in [0.1, 0.15) is 0 Å². The topological polar surface area (TPSA) is 101 Å². The number of nitrogens with one attached hydrogen (secondary N) is 1.